The van der Waals surface area contributed by atoms with Crippen LogP contribution in [0.5, 0.6) is 11.5 Å². The van der Waals surface area contributed by atoms with E-state index < -0.39 is 5.25 Å². The van der Waals surface area contributed by atoms with Crippen LogP contribution < -0.4 is 15.4 Å². The fourth-order valence-corrected chi connectivity index (χ4v) is 3.43. The Kier molecular flexibility index (Phi) is 5.95. The molecule has 1 aliphatic rings. The lowest BCUT2D eigenvalue weighted by Crippen LogP contribution is -2.31. The van der Waals surface area contributed by atoms with Gasteiger partial charge in [0.2, 0.25) is 11.8 Å². The molecule has 144 valence electrons. The molecule has 1 fully saturated rings. The van der Waals surface area contributed by atoms with E-state index in [1.54, 1.807) is 42.5 Å². The molecule has 3 rings (SSSR count). The quantitative estimate of drug-likeness (QED) is 0.345. The third-order valence-corrected chi connectivity index (χ3v) is 4.96. The lowest BCUT2D eigenvalue weighted by molar-refractivity contribution is -0.121. The summed E-state index contributed by atoms with van der Waals surface area (Å²) in [6.07, 6.45) is 1.38. The first-order chi connectivity index (χ1) is 13.5. The molecule has 3 N–H and O–H groups in total. The summed E-state index contributed by atoms with van der Waals surface area (Å²) in [6, 6.07) is 13.3. The first-order valence-electron chi connectivity index (χ1n) is 8.31. The zero-order valence-electron chi connectivity index (χ0n) is 15.0. The number of nitrogens with zero attached hydrogens (tertiary/aromatic N) is 3. The summed E-state index contributed by atoms with van der Waals surface area (Å²) >= 11 is 0.979. The maximum Gasteiger partial charge on any atom is 0.247 e. The summed E-state index contributed by atoms with van der Waals surface area (Å²) in [5.41, 5.74) is 6.79. The van der Waals surface area contributed by atoms with Gasteiger partial charge in [0.05, 0.1) is 19.0 Å². The minimum Gasteiger partial charge on any atom is -0.507 e. The topological polar surface area (TPSA) is 118 Å². The predicted octanol–water partition coefficient (Wildman–Crippen LogP) is 2.11. The number of rotatable bonds is 5. The second-order valence-electron chi connectivity index (χ2n) is 5.82. The van der Waals surface area contributed by atoms with Crippen LogP contribution in [-0.4, -0.2) is 40.7 Å². The zero-order chi connectivity index (χ0) is 20.1. The standard InChI is InChI=1S/C19H18N4O4S/c1-27-14-8-6-13(7-9-14)23-17(25)10-16(18(23)26)28-19(20)22-21-11-12-4-2-3-5-15(12)24/h2-9,11,16,24H,10H2,1H3,(H2,20,22)/b21-11+/t16-/m1/s1. The maximum absolute atomic E-state index is 12.6. The van der Waals surface area contributed by atoms with Crippen LogP contribution in [-0.2, 0) is 9.59 Å². The summed E-state index contributed by atoms with van der Waals surface area (Å²) in [6.45, 7) is 0. The van der Waals surface area contributed by atoms with E-state index in [4.69, 9.17) is 10.5 Å². The van der Waals surface area contributed by atoms with Crippen molar-refractivity contribution in [3.8, 4) is 11.5 Å². The molecule has 1 heterocycles. The number of carbonyl (C=O) groups excluding carboxylic acids is 2. The smallest absolute Gasteiger partial charge is 0.247 e. The lowest BCUT2D eigenvalue weighted by Gasteiger charge is -2.15. The largest absolute Gasteiger partial charge is 0.507 e. The van der Waals surface area contributed by atoms with Crippen LogP contribution in [0, 0.1) is 0 Å². The Balaban J connectivity index is 1.66. The SMILES string of the molecule is COc1ccc(N2C(=O)C[C@@H](SC(N)=N/N=C/c3ccccc3O)C2=O)cc1. The van der Waals surface area contributed by atoms with E-state index in [0.29, 0.717) is 17.0 Å². The van der Waals surface area contributed by atoms with Crippen molar-refractivity contribution in [1.82, 2.24) is 0 Å². The van der Waals surface area contributed by atoms with Gasteiger partial charge in [0.25, 0.3) is 0 Å². The number of imide groups is 1. The van der Waals surface area contributed by atoms with E-state index in [0.717, 1.165) is 16.7 Å². The molecule has 0 spiro atoms. The fourth-order valence-electron chi connectivity index (χ4n) is 2.61. The maximum atomic E-state index is 12.6. The third kappa shape index (κ3) is 4.32. The number of benzene rings is 2. The number of hydrogen-bond acceptors (Lipinski definition) is 7. The van der Waals surface area contributed by atoms with Gasteiger partial charge >= 0.3 is 0 Å². The van der Waals surface area contributed by atoms with Crippen LogP contribution in [0.4, 0.5) is 5.69 Å². The number of ether oxygens (including phenoxy) is 1. The highest BCUT2D eigenvalue weighted by atomic mass is 32.2. The van der Waals surface area contributed by atoms with E-state index in [-0.39, 0.29) is 29.2 Å². The summed E-state index contributed by atoms with van der Waals surface area (Å²) < 4.78 is 5.08. The van der Waals surface area contributed by atoms with E-state index >= 15 is 0 Å². The number of aromatic hydroxyl groups is 1. The van der Waals surface area contributed by atoms with E-state index in [1.807, 2.05) is 0 Å². The molecule has 0 saturated carbocycles. The van der Waals surface area contributed by atoms with Gasteiger partial charge in [-0.05, 0) is 36.4 Å². The minimum atomic E-state index is -0.668. The number of anilines is 1. The van der Waals surface area contributed by atoms with Crippen molar-refractivity contribution in [3.05, 3.63) is 54.1 Å². The Hall–Kier alpha value is -3.33. The van der Waals surface area contributed by atoms with Gasteiger partial charge < -0.3 is 15.6 Å². The second-order valence-corrected chi connectivity index (χ2v) is 7.04. The average molecular weight is 398 g/mol. The van der Waals surface area contributed by atoms with Crippen molar-refractivity contribution in [1.29, 1.82) is 0 Å². The average Bonchev–Trinajstić information content (AvgIpc) is 2.96. The third-order valence-electron chi connectivity index (χ3n) is 3.99. The molecular formula is C19H18N4O4S. The number of phenols is 1. The molecule has 1 saturated heterocycles. The summed E-state index contributed by atoms with van der Waals surface area (Å²) in [4.78, 5) is 26.0. The van der Waals surface area contributed by atoms with Gasteiger partial charge in [0.1, 0.15) is 16.7 Å². The molecule has 1 aliphatic heterocycles. The molecule has 0 aliphatic carbocycles. The van der Waals surface area contributed by atoms with Crippen molar-refractivity contribution in [2.24, 2.45) is 15.9 Å². The fraction of sp³-hybridized carbons (Fsp3) is 0.158. The van der Waals surface area contributed by atoms with Gasteiger partial charge in [-0.2, -0.15) is 5.10 Å². The number of methoxy groups -OCH3 is 1. The van der Waals surface area contributed by atoms with Crippen LogP contribution in [0.25, 0.3) is 0 Å². The van der Waals surface area contributed by atoms with E-state index in [9.17, 15) is 14.7 Å². The number of carbonyl (C=O) groups is 2. The lowest BCUT2D eigenvalue weighted by atomic mass is 10.2. The van der Waals surface area contributed by atoms with Crippen LogP contribution in [0.15, 0.2) is 58.7 Å². The first-order valence-corrected chi connectivity index (χ1v) is 9.19. The molecule has 2 aromatic carbocycles. The van der Waals surface area contributed by atoms with E-state index in [1.165, 1.54) is 19.4 Å². The zero-order valence-corrected chi connectivity index (χ0v) is 15.8. The van der Waals surface area contributed by atoms with Crippen molar-refractivity contribution in [3.63, 3.8) is 0 Å². The Morgan fingerprint density at radius 3 is 2.64 bits per heavy atom. The van der Waals surface area contributed by atoms with E-state index in [2.05, 4.69) is 10.2 Å². The number of hydrogen-bond donors (Lipinski definition) is 2. The Bertz CT molecular complexity index is 943. The number of nitrogens with two attached hydrogens (primary N) is 1. The molecule has 2 amide bonds. The van der Waals surface area contributed by atoms with Gasteiger partial charge in [0, 0.05) is 12.0 Å². The molecular weight excluding hydrogens is 380 g/mol. The Morgan fingerprint density at radius 2 is 1.96 bits per heavy atom. The van der Waals surface area contributed by atoms with Gasteiger partial charge in [-0.15, -0.1) is 5.10 Å². The molecule has 0 aromatic heterocycles. The molecule has 0 bridgehead atoms. The van der Waals surface area contributed by atoms with Crippen LogP contribution in [0.3, 0.4) is 0 Å². The number of amidine groups is 1. The first kappa shape index (κ1) is 19.4. The molecule has 0 radical (unpaired) electrons. The second kappa shape index (κ2) is 8.57. The number of thioether (sulfide) groups is 1. The summed E-state index contributed by atoms with van der Waals surface area (Å²) in [7, 11) is 1.54. The molecule has 2 aromatic rings. The Labute approximate surface area is 165 Å². The van der Waals surface area contributed by atoms with Gasteiger partial charge in [-0.25, -0.2) is 4.90 Å². The highest BCUT2D eigenvalue weighted by Crippen LogP contribution is 2.30. The van der Waals surface area contributed by atoms with Crippen molar-refractivity contribution < 1.29 is 19.4 Å². The molecule has 28 heavy (non-hydrogen) atoms. The number of para-hydroxylation sites is 1. The molecule has 0 unspecified atom stereocenters. The normalized spacial score (nSPS) is 17.5. The van der Waals surface area contributed by atoms with Gasteiger partial charge in [0.15, 0.2) is 5.17 Å². The van der Waals surface area contributed by atoms with Gasteiger partial charge in [-0.3, -0.25) is 9.59 Å². The molecule has 9 heteroatoms. The van der Waals surface area contributed by atoms with Crippen molar-refractivity contribution in [2.75, 3.05) is 12.0 Å². The number of amides is 2. The molecule has 8 nitrogen and oxygen atoms in total. The number of phenolic OH excluding ortho intramolecular Hbond substituents is 1. The monoisotopic (exact) mass is 398 g/mol. The molecule has 1 atom stereocenters. The predicted molar refractivity (Wildman–Crippen MR) is 109 cm³/mol. The highest BCUT2D eigenvalue weighted by molar-refractivity contribution is 8.14. The van der Waals surface area contributed by atoms with Crippen LogP contribution in [0.1, 0.15) is 12.0 Å². The van der Waals surface area contributed by atoms with Crippen molar-refractivity contribution >= 4 is 40.6 Å². The summed E-state index contributed by atoms with van der Waals surface area (Å²) in [5, 5.41) is 16.7. The van der Waals surface area contributed by atoms with Crippen molar-refractivity contribution in [2.45, 2.75) is 11.7 Å². The van der Waals surface area contributed by atoms with Gasteiger partial charge in [-0.1, -0.05) is 23.9 Å². The minimum absolute atomic E-state index is 0.0228. The summed E-state index contributed by atoms with van der Waals surface area (Å²) in [5.74, 6) is 0.0352. The Morgan fingerprint density at radius 1 is 1.25 bits per heavy atom. The van der Waals surface area contributed by atoms with Crippen LogP contribution in [0.2, 0.25) is 0 Å². The highest BCUT2D eigenvalue weighted by Gasteiger charge is 2.40. The van der Waals surface area contributed by atoms with Crippen LogP contribution >= 0.6 is 11.8 Å².